The SMILES string of the molecule is COC1(CNc2ncc(C)cn2)CCNCC1. The van der Waals surface area contributed by atoms with Crippen LogP contribution in [0.5, 0.6) is 0 Å². The number of anilines is 1. The van der Waals surface area contributed by atoms with Crippen molar-refractivity contribution in [3.63, 3.8) is 0 Å². The lowest BCUT2D eigenvalue weighted by Crippen LogP contribution is -2.48. The zero-order chi connectivity index (χ0) is 12.1. The molecule has 2 heterocycles. The van der Waals surface area contributed by atoms with Crippen LogP contribution in [0.3, 0.4) is 0 Å². The van der Waals surface area contributed by atoms with Crippen LogP contribution >= 0.6 is 0 Å². The molecular weight excluding hydrogens is 216 g/mol. The molecule has 0 aliphatic carbocycles. The minimum Gasteiger partial charge on any atom is -0.376 e. The average molecular weight is 236 g/mol. The smallest absolute Gasteiger partial charge is 0.222 e. The molecule has 0 bridgehead atoms. The van der Waals surface area contributed by atoms with Gasteiger partial charge in [0.05, 0.1) is 5.60 Å². The number of piperidine rings is 1. The predicted molar refractivity (Wildman–Crippen MR) is 67.1 cm³/mol. The normalized spacial score (nSPS) is 18.9. The molecule has 5 nitrogen and oxygen atoms in total. The lowest BCUT2D eigenvalue weighted by molar-refractivity contribution is -0.0227. The number of aryl methyl sites for hydroxylation is 1. The number of aromatic nitrogens is 2. The summed E-state index contributed by atoms with van der Waals surface area (Å²) >= 11 is 0. The summed E-state index contributed by atoms with van der Waals surface area (Å²) in [6, 6.07) is 0. The van der Waals surface area contributed by atoms with Crippen molar-refractivity contribution in [1.82, 2.24) is 15.3 Å². The molecule has 2 rings (SSSR count). The minimum absolute atomic E-state index is 0.0838. The van der Waals surface area contributed by atoms with E-state index < -0.39 is 0 Å². The Bertz CT molecular complexity index is 346. The molecule has 1 fully saturated rings. The first-order chi connectivity index (χ1) is 8.24. The molecule has 1 aromatic heterocycles. The second-order valence-corrected chi connectivity index (χ2v) is 4.57. The van der Waals surface area contributed by atoms with Crippen LogP contribution < -0.4 is 10.6 Å². The summed E-state index contributed by atoms with van der Waals surface area (Å²) in [5.41, 5.74) is 0.985. The van der Waals surface area contributed by atoms with Crippen molar-refractivity contribution >= 4 is 5.95 Å². The summed E-state index contributed by atoms with van der Waals surface area (Å²) in [4.78, 5) is 8.47. The maximum atomic E-state index is 5.67. The standard InChI is InChI=1S/C12H20N4O/c1-10-7-14-11(15-8-10)16-9-12(17-2)3-5-13-6-4-12/h7-8,13H,3-6,9H2,1-2H3,(H,14,15,16). The second kappa shape index (κ2) is 5.42. The Morgan fingerprint density at radius 2 is 2.00 bits per heavy atom. The van der Waals surface area contributed by atoms with Gasteiger partial charge in [0.1, 0.15) is 0 Å². The van der Waals surface area contributed by atoms with Crippen LogP contribution in [-0.2, 0) is 4.74 Å². The van der Waals surface area contributed by atoms with Crippen molar-refractivity contribution in [1.29, 1.82) is 0 Å². The van der Waals surface area contributed by atoms with E-state index in [0.29, 0.717) is 5.95 Å². The molecule has 94 valence electrons. The lowest BCUT2D eigenvalue weighted by atomic mass is 9.92. The van der Waals surface area contributed by atoms with Crippen molar-refractivity contribution in [2.24, 2.45) is 0 Å². The molecule has 0 unspecified atom stereocenters. The van der Waals surface area contributed by atoms with Crippen LogP contribution in [0.1, 0.15) is 18.4 Å². The molecule has 17 heavy (non-hydrogen) atoms. The first-order valence-electron chi connectivity index (χ1n) is 6.02. The Balaban J connectivity index is 1.93. The van der Waals surface area contributed by atoms with Gasteiger partial charge < -0.3 is 15.4 Å². The Morgan fingerprint density at radius 3 is 2.59 bits per heavy atom. The molecule has 0 amide bonds. The summed E-state index contributed by atoms with van der Waals surface area (Å²) in [5.74, 6) is 0.672. The van der Waals surface area contributed by atoms with Gasteiger partial charge in [-0.15, -0.1) is 0 Å². The first-order valence-corrected chi connectivity index (χ1v) is 6.02. The molecule has 0 radical (unpaired) electrons. The molecule has 1 aromatic rings. The van der Waals surface area contributed by atoms with Gasteiger partial charge in [0, 0.05) is 26.0 Å². The Labute approximate surface area is 102 Å². The van der Waals surface area contributed by atoms with Gasteiger partial charge in [0.15, 0.2) is 0 Å². The Morgan fingerprint density at radius 1 is 1.35 bits per heavy atom. The third kappa shape index (κ3) is 3.14. The van der Waals surface area contributed by atoms with Gasteiger partial charge in [0.25, 0.3) is 0 Å². The molecular formula is C12H20N4O. The number of ether oxygens (including phenoxy) is 1. The second-order valence-electron chi connectivity index (χ2n) is 4.57. The predicted octanol–water partition coefficient (Wildman–Crippen LogP) is 0.966. The number of rotatable bonds is 4. The van der Waals surface area contributed by atoms with Gasteiger partial charge >= 0.3 is 0 Å². The summed E-state index contributed by atoms with van der Waals surface area (Å²) in [7, 11) is 1.78. The fraction of sp³-hybridized carbons (Fsp3) is 0.667. The van der Waals surface area contributed by atoms with Crippen LogP contribution in [0.25, 0.3) is 0 Å². The summed E-state index contributed by atoms with van der Waals surface area (Å²) < 4.78 is 5.67. The highest BCUT2D eigenvalue weighted by Crippen LogP contribution is 2.22. The highest BCUT2D eigenvalue weighted by atomic mass is 16.5. The molecule has 1 aliphatic rings. The number of nitrogens with zero attached hydrogens (tertiary/aromatic N) is 2. The number of hydrogen-bond acceptors (Lipinski definition) is 5. The molecule has 5 heteroatoms. The monoisotopic (exact) mass is 236 g/mol. The van der Waals surface area contributed by atoms with E-state index in [2.05, 4.69) is 20.6 Å². The maximum Gasteiger partial charge on any atom is 0.222 e. The van der Waals surface area contributed by atoms with Gasteiger partial charge in [-0.1, -0.05) is 0 Å². The van der Waals surface area contributed by atoms with E-state index in [1.807, 2.05) is 19.3 Å². The van der Waals surface area contributed by atoms with Gasteiger partial charge in [-0.25, -0.2) is 9.97 Å². The van der Waals surface area contributed by atoms with Crippen LogP contribution in [0.4, 0.5) is 5.95 Å². The van der Waals surface area contributed by atoms with Crippen molar-refractivity contribution < 1.29 is 4.74 Å². The van der Waals surface area contributed by atoms with Gasteiger partial charge in [-0.3, -0.25) is 0 Å². The Kier molecular flexibility index (Phi) is 3.91. The van der Waals surface area contributed by atoms with Crippen LogP contribution in [-0.4, -0.2) is 42.3 Å². The van der Waals surface area contributed by atoms with Gasteiger partial charge in [0.2, 0.25) is 5.95 Å². The largest absolute Gasteiger partial charge is 0.376 e. The van der Waals surface area contributed by atoms with Crippen molar-refractivity contribution in [3.05, 3.63) is 18.0 Å². The van der Waals surface area contributed by atoms with Gasteiger partial charge in [-0.05, 0) is 38.4 Å². The fourth-order valence-electron chi connectivity index (χ4n) is 2.06. The van der Waals surface area contributed by atoms with Crippen molar-refractivity contribution in [2.45, 2.75) is 25.4 Å². The third-order valence-corrected chi connectivity index (χ3v) is 3.30. The van der Waals surface area contributed by atoms with E-state index >= 15 is 0 Å². The van der Waals surface area contributed by atoms with E-state index in [1.165, 1.54) is 0 Å². The average Bonchev–Trinajstić information content (AvgIpc) is 2.39. The maximum absolute atomic E-state index is 5.67. The van der Waals surface area contributed by atoms with E-state index in [4.69, 9.17) is 4.74 Å². The van der Waals surface area contributed by atoms with E-state index in [9.17, 15) is 0 Å². The zero-order valence-electron chi connectivity index (χ0n) is 10.5. The van der Waals surface area contributed by atoms with E-state index in [-0.39, 0.29) is 5.60 Å². The summed E-state index contributed by atoms with van der Waals surface area (Å²) in [6.07, 6.45) is 5.67. The van der Waals surface area contributed by atoms with E-state index in [0.717, 1.165) is 38.0 Å². The van der Waals surface area contributed by atoms with Crippen molar-refractivity contribution in [3.8, 4) is 0 Å². The third-order valence-electron chi connectivity index (χ3n) is 3.30. The number of methoxy groups -OCH3 is 1. The topological polar surface area (TPSA) is 59.1 Å². The molecule has 0 aromatic carbocycles. The van der Waals surface area contributed by atoms with Crippen LogP contribution in [0.15, 0.2) is 12.4 Å². The van der Waals surface area contributed by atoms with Crippen LogP contribution in [0, 0.1) is 6.92 Å². The zero-order valence-corrected chi connectivity index (χ0v) is 10.5. The highest BCUT2D eigenvalue weighted by molar-refractivity contribution is 5.25. The molecule has 2 N–H and O–H groups in total. The summed E-state index contributed by atoms with van der Waals surface area (Å²) in [5, 5.41) is 6.60. The quantitative estimate of drug-likeness (QED) is 0.815. The lowest BCUT2D eigenvalue weighted by Gasteiger charge is -2.36. The number of nitrogens with one attached hydrogen (secondary N) is 2. The first kappa shape index (κ1) is 12.3. The van der Waals surface area contributed by atoms with Crippen molar-refractivity contribution in [2.75, 3.05) is 32.1 Å². The highest BCUT2D eigenvalue weighted by Gasteiger charge is 2.31. The van der Waals surface area contributed by atoms with Gasteiger partial charge in [-0.2, -0.15) is 0 Å². The molecule has 1 aliphatic heterocycles. The summed E-state index contributed by atoms with van der Waals surface area (Å²) in [6.45, 7) is 4.75. The number of hydrogen-bond donors (Lipinski definition) is 2. The minimum atomic E-state index is -0.0838. The molecule has 0 spiro atoms. The van der Waals surface area contributed by atoms with E-state index in [1.54, 1.807) is 7.11 Å². The Hall–Kier alpha value is -1.20. The van der Waals surface area contributed by atoms with Crippen LogP contribution in [0.2, 0.25) is 0 Å². The molecule has 0 saturated carbocycles. The fourth-order valence-corrected chi connectivity index (χ4v) is 2.06. The molecule has 0 atom stereocenters. The molecule has 1 saturated heterocycles.